The molecule has 1 fully saturated rings. The van der Waals surface area contributed by atoms with E-state index >= 15 is 0 Å². The van der Waals surface area contributed by atoms with Crippen molar-refractivity contribution >= 4 is 17.5 Å². The molecule has 4 heteroatoms. The zero-order valence-electron chi connectivity index (χ0n) is 8.12. The van der Waals surface area contributed by atoms with Gasteiger partial charge in [0.2, 0.25) is 5.91 Å². The van der Waals surface area contributed by atoms with Crippen LogP contribution in [0.1, 0.15) is 12.8 Å². The fraction of sp³-hybridized carbons (Fsp3) is 0.889. The van der Waals surface area contributed by atoms with Gasteiger partial charge in [-0.1, -0.05) is 0 Å². The Kier molecular flexibility index (Phi) is 4.00. The fourth-order valence-electron chi connectivity index (χ4n) is 1.44. The largest absolute Gasteiger partial charge is 0.381 e. The Balaban J connectivity index is 2.45. The molecule has 0 N–H and O–H groups in total. The highest BCUT2D eigenvalue weighted by atomic mass is 35.5. The zero-order valence-corrected chi connectivity index (χ0v) is 8.88. The van der Waals surface area contributed by atoms with E-state index in [1.54, 1.807) is 14.1 Å². The van der Waals surface area contributed by atoms with Crippen LogP contribution < -0.4 is 0 Å². The predicted molar refractivity (Wildman–Crippen MR) is 51.9 cm³/mol. The average molecular weight is 206 g/mol. The molecule has 1 rings (SSSR count). The number of amides is 1. The first kappa shape index (κ1) is 10.8. The van der Waals surface area contributed by atoms with Crippen molar-refractivity contribution in [2.75, 3.05) is 27.3 Å². The summed E-state index contributed by atoms with van der Waals surface area (Å²) in [5.41, 5.74) is 0. The first-order chi connectivity index (χ1) is 6.13. The Morgan fingerprint density at radius 3 is 2.77 bits per heavy atom. The van der Waals surface area contributed by atoms with Crippen LogP contribution in [0.2, 0.25) is 0 Å². The van der Waals surface area contributed by atoms with Crippen LogP contribution in [0.5, 0.6) is 0 Å². The maximum atomic E-state index is 11.5. The lowest BCUT2D eigenvalue weighted by atomic mass is 9.97. The minimum atomic E-state index is -0.421. The van der Waals surface area contributed by atoms with E-state index in [2.05, 4.69) is 0 Å². The Hall–Kier alpha value is -0.280. The van der Waals surface area contributed by atoms with Crippen LogP contribution in [-0.4, -0.2) is 43.5 Å². The van der Waals surface area contributed by atoms with Gasteiger partial charge in [0, 0.05) is 26.6 Å². The van der Waals surface area contributed by atoms with Crippen molar-refractivity contribution in [1.29, 1.82) is 0 Å². The summed E-state index contributed by atoms with van der Waals surface area (Å²) < 4.78 is 5.28. The molecule has 13 heavy (non-hydrogen) atoms. The summed E-state index contributed by atoms with van der Waals surface area (Å²) in [6.07, 6.45) is 2.00. The van der Waals surface area contributed by atoms with Gasteiger partial charge < -0.3 is 9.64 Å². The molecule has 0 spiro atoms. The summed E-state index contributed by atoms with van der Waals surface area (Å²) in [6, 6.07) is 0. The number of nitrogens with zero attached hydrogens (tertiary/aromatic N) is 1. The van der Waals surface area contributed by atoms with Gasteiger partial charge in [0.25, 0.3) is 0 Å². The Bertz CT molecular complexity index is 178. The minimum Gasteiger partial charge on any atom is -0.381 e. The topological polar surface area (TPSA) is 29.5 Å². The third-order valence-electron chi connectivity index (χ3n) is 2.29. The fourth-order valence-corrected chi connectivity index (χ4v) is 1.84. The first-order valence-electron chi connectivity index (χ1n) is 4.56. The number of hydrogen-bond acceptors (Lipinski definition) is 2. The van der Waals surface area contributed by atoms with Crippen LogP contribution in [0, 0.1) is 5.92 Å². The van der Waals surface area contributed by atoms with Gasteiger partial charge in [-0.25, -0.2) is 0 Å². The normalized spacial score (nSPS) is 25.3. The van der Waals surface area contributed by atoms with Crippen molar-refractivity contribution in [1.82, 2.24) is 4.90 Å². The van der Waals surface area contributed by atoms with Gasteiger partial charge in [0.15, 0.2) is 0 Å². The summed E-state index contributed by atoms with van der Waals surface area (Å²) in [6.45, 7) is 1.42. The van der Waals surface area contributed by atoms with Crippen LogP contribution in [0.3, 0.4) is 0 Å². The standard InChI is InChI=1S/C9H16ClNO2/c1-11(2)9(12)8(10)7-4-3-5-13-6-7/h7-8H,3-6H2,1-2H3. The molecule has 0 aromatic rings. The van der Waals surface area contributed by atoms with Crippen LogP contribution in [0.15, 0.2) is 0 Å². The second-order valence-corrected chi connectivity index (χ2v) is 4.08. The Morgan fingerprint density at radius 2 is 2.31 bits per heavy atom. The van der Waals surface area contributed by atoms with Crippen LogP contribution in [-0.2, 0) is 9.53 Å². The molecule has 1 aliphatic rings. The molecule has 0 aromatic heterocycles. The smallest absolute Gasteiger partial charge is 0.240 e. The predicted octanol–water partition coefficient (Wildman–Crippen LogP) is 1.11. The molecule has 1 saturated heterocycles. The van der Waals surface area contributed by atoms with Gasteiger partial charge in [-0.05, 0) is 12.8 Å². The average Bonchev–Trinajstić information content (AvgIpc) is 2.17. The third kappa shape index (κ3) is 2.85. The molecule has 76 valence electrons. The Labute approximate surface area is 84.0 Å². The van der Waals surface area contributed by atoms with Crippen LogP contribution in [0.4, 0.5) is 0 Å². The molecule has 0 saturated carbocycles. The van der Waals surface area contributed by atoms with Crippen molar-refractivity contribution in [3.05, 3.63) is 0 Å². The van der Waals surface area contributed by atoms with Gasteiger partial charge >= 0.3 is 0 Å². The van der Waals surface area contributed by atoms with Gasteiger partial charge in [0.1, 0.15) is 5.38 Å². The molecular formula is C9H16ClNO2. The van der Waals surface area contributed by atoms with Crippen molar-refractivity contribution < 1.29 is 9.53 Å². The second kappa shape index (κ2) is 4.82. The van der Waals surface area contributed by atoms with E-state index in [4.69, 9.17) is 16.3 Å². The zero-order chi connectivity index (χ0) is 9.84. The third-order valence-corrected chi connectivity index (χ3v) is 2.83. The molecule has 0 aliphatic carbocycles. The number of rotatable bonds is 2. The Morgan fingerprint density at radius 1 is 1.62 bits per heavy atom. The van der Waals surface area contributed by atoms with Crippen molar-refractivity contribution in [2.45, 2.75) is 18.2 Å². The molecule has 1 aliphatic heterocycles. The lowest BCUT2D eigenvalue weighted by Crippen LogP contribution is -2.38. The number of alkyl halides is 1. The second-order valence-electron chi connectivity index (χ2n) is 3.61. The lowest BCUT2D eigenvalue weighted by molar-refractivity contribution is -0.130. The molecular weight excluding hydrogens is 190 g/mol. The number of hydrogen-bond donors (Lipinski definition) is 0. The van der Waals surface area contributed by atoms with E-state index in [0.717, 1.165) is 19.4 Å². The maximum Gasteiger partial charge on any atom is 0.240 e. The molecule has 3 nitrogen and oxygen atoms in total. The summed E-state index contributed by atoms with van der Waals surface area (Å²) in [7, 11) is 3.45. The highest BCUT2D eigenvalue weighted by Gasteiger charge is 2.28. The quantitative estimate of drug-likeness (QED) is 0.633. The van der Waals surface area contributed by atoms with E-state index in [-0.39, 0.29) is 11.8 Å². The molecule has 0 bridgehead atoms. The van der Waals surface area contributed by atoms with E-state index in [1.165, 1.54) is 4.90 Å². The summed E-state index contributed by atoms with van der Waals surface area (Å²) >= 11 is 6.03. The number of carbonyl (C=O) groups excluding carboxylic acids is 1. The maximum absolute atomic E-state index is 11.5. The molecule has 0 aromatic carbocycles. The van der Waals surface area contributed by atoms with Crippen molar-refractivity contribution in [3.8, 4) is 0 Å². The van der Waals surface area contributed by atoms with Crippen LogP contribution in [0.25, 0.3) is 0 Å². The van der Waals surface area contributed by atoms with E-state index < -0.39 is 5.38 Å². The molecule has 2 unspecified atom stereocenters. The monoisotopic (exact) mass is 205 g/mol. The van der Waals surface area contributed by atoms with Gasteiger partial charge in [-0.15, -0.1) is 11.6 Å². The highest BCUT2D eigenvalue weighted by Crippen LogP contribution is 2.22. The van der Waals surface area contributed by atoms with E-state index in [0.29, 0.717) is 6.61 Å². The minimum absolute atomic E-state index is 0.0165. The first-order valence-corrected chi connectivity index (χ1v) is 4.99. The van der Waals surface area contributed by atoms with Crippen LogP contribution >= 0.6 is 11.6 Å². The molecule has 1 heterocycles. The van der Waals surface area contributed by atoms with Gasteiger partial charge in [-0.2, -0.15) is 0 Å². The molecule has 2 atom stereocenters. The van der Waals surface area contributed by atoms with Gasteiger partial charge in [0.05, 0.1) is 6.61 Å². The van der Waals surface area contributed by atoms with E-state index in [9.17, 15) is 4.79 Å². The van der Waals surface area contributed by atoms with Crippen molar-refractivity contribution in [3.63, 3.8) is 0 Å². The summed E-state index contributed by atoms with van der Waals surface area (Å²) in [5.74, 6) is 0.169. The number of ether oxygens (including phenoxy) is 1. The summed E-state index contributed by atoms with van der Waals surface area (Å²) in [5, 5.41) is -0.421. The number of carbonyl (C=O) groups is 1. The SMILES string of the molecule is CN(C)C(=O)C(Cl)C1CCCOC1. The van der Waals surface area contributed by atoms with Crippen molar-refractivity contribution in [2.24, 2.45) is 5.92 Å². The lowest BCUT2D eigenvalue weighted by Gasteiger charge is -2.27. The molecule has 1 amide bonds. The highest BCUT2D eigenvalue weighted by molar-refractivity contribution is 6.30. The number of halogens is 1. The summed E-state index contributed by atoms with van der Waals surface area (Å²) in [4.78, 5) is 13.0. The molecule has 0 radical (unpaired) electrons. The van der Waals surface area contributed by atoms with E-state index in [1.807, 2.05) is 0 Å². The van der Waals surface area contributed by atoms with Gasteiger partial charge in [-0.3, -0.25) is 4.79 Å².